The first-order chi connectivity index (χ1) is 11.8. The Morgan fingerprint density at radius 3 is 2.20 bits per heavy atom. The van der Waals surface area contributed by atoms with Crippen molar-refractivity contribution in [1.82, 2.24) is 9.47 Å². The van der Waals surface area contributed by atoms with E-state index in [9.17, 15) is 9.59 Å². The number of nitrogens with zero attached hydrogens (tertiary/aromatic N) is 2. The third kappa shape index (κ3) is 3.76. The first-order valence-corrected chi connectivity index (χ1v) is 8.41. The van der Waals surface area contributed by atoms with Crippen molar-refractivity contribution in [2.24, 2.45) is 0 Å². The Balaban J connectivity index is 2.59. The van der Waals surface area contributed by atoms with Crippen LogP contribution < -0.4 is 0 Å². The minimum Gasteiger partial charge on any atom is -0.462 e. The smallest absolute Gasteiger partial charge is 0.340 e. The molecule has 5 heteroatoms. The van der Waals surface area contributed by atoms with Gasteiger partial charge in [0.2, 0.25) is 0 Å². The Labute approximate surface area is 149 Å². The molecule has 0 fully saturated rings. The molecule has 1 aromatic heterocycles. The molecule has 1 amide bonds. The van der Waals surface area contributed by atoms with Crippen molar-refractivity contribution in [2.45, 2.75) is 34.2 Å². The highest BCUT2D eigenvalue weighted by molar-refractivity contribution is 6.00. The number of amides is 1. The summed E-state index contributed by atoms with van der Waals surface area (Å²) in [5.41, 5.74) is 4.70. The van der Waals surface area contributed by atoms with Crippen LogP contribution >= 0.6 is 0 Å². The van der Waals surface area contributed by atoms with Crippen LogP contribution in [-0.2, 0) is 11.3 Å². The Morgan fingerprint density at radius 2 is 1.68 bits per heavy atom. The van der Waals surface area contributed by atoms with E-state index in [1.807, 2.05) is 49.6 Å². The van der Waals surface area contributed by atoms with Gasteiger partial charge in [-0.15, -0.1) is 0 Å². The number of hydrogen-bond donors (Lipinski definition) is 0. The summed E-state index contributed by atoms with van der Waals surface area (Å²) in [5.74, 6) is -0.503. The van der Waals surface area contributed by atoms with Crippen molar-refractivity contribution in [3.05, 3.63) is 57.9 Å². The summed E-state index contributed by atoms with van der Waals surface area (Å²) in [6, 6.07) is 8.16. The Morgan fingerprint density at radius 1 is 1.08 bits per heavy atom. The fraction of sp³-hybridized carbons (Fsp3) is 0.400. The highest BCUT2D eigenvalue weighted by Gasteiger charge is 2.27. The van der Waals surface area contributed by atoms with Gasteiger partial charge < -0.3 is 14.2 Å². The van der Waals surface area contributed by atoms with Crippen LogP contribution in [0.3, 0.4) is 0 Å². The molecule has 0 aliphatic rings. The highest BCUT2D eigenvalue weighted by atomic mass is 16.5. The van der Waals surface area contributed by atoms with E-state index in [-0.39, 0.29) is 11.9 Å². The van der Waals surface area contributed by atoms with Gasteiger partial charge in [0.1, 0.15) is 5.69 Å². The lowest BCUT2D eigenvalue weighted by Gasteiger charge is -2.16. The molecule has 1 aromatic carbocycles. The first-order valence-electron chi connectivity index (χ1n) is 8.41. The van der Waals surface area contributed by atoms with Crippen LogP contribution in [0.4, 0.5) is 0 Å². The summed E-state index contributed by atoms with van der Waals surface area (Å²) in [6.45, 7) is 8.31. The summed E-state index contributed by atoms with van der Waals surface area (Å²) in [4.78, 5) is 26.6. The van der Waals surface area contributed by atoms with Crippen LogP contribution in [0.25, 0.3) is 0 Å². The van der Waals surface area contributed by atoms with Crippen LogP contribution in [0.15, 0.2) is 24.3 Å². The van der Waals surface area contributed by atoms with Crippen LogP contribution in [0, 0.1) is 20.8 Å². The number of carbonyl (C=O) groups excluding carboxylic acids is 2. The lowest BCUT2D eigenvalue weighted by Crippen LogP contribution is -2.26. The highest BCUT2D eigenvalue weighted by Crippen LogP contribution is 2.25. The van der Waals surface area contributed by atoms with Gasteiger partial charge in [0.25, 0.3) is 5.91 Å². The molecule has 0 saturated heterocycles. The normalized spacial score (nSPS) is 10.6. The van der Waals surface area contributed by atoms with Gasteiger partial charge >= 0.3 is 5.97 Å². The maximum Gasteiger partial charge on any atom is 0.340 e. The predicted octanol–water partition coefficient (Wildman–Crippen LogP) is 3.34. The van der Waals surface area contributed by atoms with Crippen molar-refractivity contribution in [2.75, 3.05) is 20.7 Å². The molecular formula is C20H26N2O3. The molecule has 2 aromatic rings. The average Bonchev–Trinajstić information content (AvgIpc) is 2.79. The number of hydrogen-bond acceptors (Lipinski definition) is 3. The Hall–Kier alpha value is -2.56. The third-order valence-electron chi connectivity index (χ3n) is 4.32. The molecule has 134 valence electrons. The van der Waals surface area contributed by atoms with Crippen LogP contribution in [0.5, 0.6) is 0 Å². The number of aromatic nitrogens is 1. The van der Waals surface area contributed by atoms with E-state index in [0.717, 1.165) is 11.3 Å². The summed E-state index contributed by atoms with van der Waals surface area (Å²) in [6.07, 6.45) is 0. The minimum absolute atomic E-state index is 0.122. The van der Waals surface area contributed by atoms with E-state index in [1.165, 1.54) is 10.5 Å². The second kappa shape index (κ2) is 7.55. The van der Waals surface area contributed by atoms with Gasteiger partial charge in [-0.1, -0.05) is 29.8 Å². The maximum atomic E-state index is 12.7. The van der Waals surface area contributed by atoms with Crippen molar-refractivity contribution in [1.29, 1.82) is 0 Å². The molecule has 0 bridgehead atoms. The molecule has 0 unspecified atom stereocenters. The Kier molecular flexibility index (Phi) is 5.67. The molecule has 0 spiro atoms. The van der Waals surface area contributed by atoms with Crippen LogP contribution in [-0.4, -0.2) is 42.0 Å². The van der Waals surface area contributed by atoms with Gasteiger partial charge in [-0.3, -0.25) is 4.79 Å². The van der Waals surface area contributed by atoms with Gasteiger partial charge in [-0.25, -0.2) is 4.79 Å². The van der Waals surface area contributed by atoms with Gasteiger partial charge in [0.15, 0.2) is 0 Å². The summed E-state index contributed by atoms with van der Waals surface area (Å²) in [5, 5.41) is 0. The first kappa shape index (κ1) is 18.8. The number of carbonyl (C=O) groups is 2. The summed E-state index contributed by atoms with van der Waals surface area (Å²) in [7, 11) is 3.43. The molecule has 5 nitrogen and oxygen atoms in total. The molecule has 2 rings (SSSR count). The summed E-state index contributed by atoms with van der Waals surface area (Å²) >= 11 is 0. The van der Waals surface area contributed by atoms with Gasteiger partial charge in [0.05, 0.1) is 12.2 Å². The van der Waals surface area contributed by atoms with E-state index >= 15 is 0 Å². The topological polar surface area (TPSA) is 51.5 Å². The zero-order valence-corrected chi connectivity index (χ0v) is 15.8. The lowest BCUT2D eigenvalue weighted by molar-refractivity contribution is 0.0524. The maximum absolute atomic E-state index is 12.7. The number of benzene rings is 1. The molecule has 1 heterocycles. The van der Waals surface area contributed by atoms with Gasteiger partial charge in [0, 0.05) is 26.3 Å². The van der Waals surface area contributed by atoms with Gasteiger partial charge in [-0.2, -0.15) is 0 Å². The molecule has 0 saturated carbocycles. The largest absolute Gasteiger partial charge is 0.462 e. The average molecular weight is 342 g/mol. The number of ether oxygens (including phenoxy) is 1. The zero-order valence-electron chi connectivity index (χ0n) is 15.8. The lowest BCUT2D eigenvalue weighted by atomic mass is 10.1. The predicted molar refractivity (Wildman–Crippen MR) is 98.2 cm³/mol. The SMILES string of the molecule is CCOC(=O)c1c(C)c(C(=O)N(C)C)n(Cc2ccc(C)cc2)c1C. The summed E-state index contributed by atoms with van der Waals surface area (Å²) < 4.78 is 7.10. The number of rotatable bonds is 5. The molecule has 25 heavy (non-hydrogen) atoms. The number of esters is 1. The van der Waals surface area contributed by atoms with Crippen molar-refractivity contribution < 1.29 is 14.3 Å². The van der Waals surface area contributed by atoms with E-state index in [4.69, 9.17) is 4.74 Å². The van der Waals surface area contributed by atoms with E-state index in [1.54, 1.807) is 21.0 Å². The van der Waals surface area contributed by atoms with Crippen molar-refractivity contribution in [3.63, 3.8) is 0 Å². The van der Waals surface area contributed by atoms with Crippen LogP contribution in [0.2, 0.25) is 0 Å². The second-order valence-corrected chi connectivity index (χ2v) is 6.43. The minimum atomic E-state index is -0.382. The molecule has 0 aliphatic carbocycles. The molecule has 0 aliphatic heterocycles. The Bertz CT molecular complexity index is 786. The molecule has 0 atom stereocenters. The monoisotopic (exact) mass is 342 g/mol. The van der Waals surface area contributed by atoms with E-state index in [2.05, 4.69) is 0 Å². The van der Waals surface area contributed by atoms with Crippen molar-refractivity contribution in [3.8, 4) is 0 Å². The van der Waals surface area contributed by atoms with E-state index in [0.29, 0.717) is 30.0 Å². The van der Waals surface area contributed by atoms with Gasteiger partial charge in [-0.05, 0) is 38.8 Å². The molecule has 0 radical (unpaired) electrons. The standard InChI is InChI=1S/C20H26N2O3/c1-7-25-20(24)17-14(3)18(19(23)21(5)6)22(15(17)4)12-16-10-8-13(2)9-11-16/h8-11H,7,12H2,1-6H3. The quantitative estimate of drug-likeness (QED) is 0.783. The number of aryl methyl sites for hydroxylation is 1. The second-order valence-electron chi connectivity index (χ2n) is 6.43. The fourth-order valence-corrected chi connectivity index (χ4v) is 2.96. The zero-order chi connectivity index (χ0) is 18.7. The molecule has 0 N–H and O–H groups in total. The molecular weight excluding hydrogens is 316 g/mol. The van der Waals surface area contributed by atoms with Crippen molar-refractivity contribution >= 4 is 11.9 Å². The van der Waals surface area contributed by atoms with Crippen LogP contribution in [0.1, 0.15) is 50.2 Å². The fourth-order valence-electron chi connectivity index (χ4n) is 2.96. The van der Waals surface area contributed by atoms with E-state index < -0.39 is 0 Å². The third-order valence-corrected chi connectivity index (χ3v) is 4.32.